The SMILES string of the molecule is CNc1nc(NC(C)(C)C(C)O)c2[nH]cnc2n1. The van der Waals surface area contributed by atoms with Crippen LogP contribution in [0.5, 0.6) is 0 Å². The van der Waals surface area contributed by atoms with Crippen LogP contribution in [-0.2, 0) is 0 Å². The van der Waals surface area contributed by atoms with Gasteiger partial charge in [0.2, 0.25) is 5.95 Å². The molecule has 0 saturated heterocycles. The summed E-state index contributed by atoms with van der Waals surface area (Å²) >= 11 is 0. The zero-order chi connectivity index (χ0) is 13.3. The summed E-state index contributed by atoms with van der Waals surface area (Å²) in [5.74, 6) is 1.10. The summed E-state index contributed by atoms with van der Waals surface area (Å²) in [6.07, 6.45) is 1.04. The maximum atomic E-state index is 9.74. The van der Waals surface area contributed by atoms with Crippen LogP contribution in [0.2, 0.25) is 0 Å². The lowest BCUT2D eigenvalue weighted by molar-refractivity contribution is 0.133. The van der Waals surface area contributed by atoms with Gasteiger partial charge in [-0.05, 0) is 20.8 Å². The number of rotatable bonds is 4. The number of H-pyrrole nitrogens is 1. The highest BCUT2D eigenvalue weighted by Gasteiger charge is 2.25. The summed E-state index contributed by atoms with van der Waals surface area (Å²) in [6, 6.07) is 0. The van der Waals surface area contributed by atoms with Gasteiger partial charge in [-0.2, -0.15) is 9.97 Å². The van der Waals surface area contributed by atoms with Crippen LogP contribution in [0.3, 0.4) is 0 Å². The molecule has 0 spiro atoms. The van der Waals surface area contributed by atoms with Gasteiger partial charge in [-0.25, -0.2) is 4.98 Å². The number of imidazole rings is 1. The predicted molar refractivity (Wildman–Crippen MR) is 70.6 cm³/mol. The van der Waals surface area contributed by atoms with Crippen LogP contribution in [0.4, 0.5) is 11.8 Å². The van der Waals surface area contributed by atoms with Gasteiger partial charge in [0.1, 0.15) is 5.52 Å². The second-order valence-corrected chi connectivity index (χ2v) is 4.77. The Hall–Kier alpha value is -1.89. The molecule has 1 atom stereocenters. The molecule has 2 rings (SSSR count). The van der Waals surface area contributed by atoms with E-state index in [2.05, 4.69) is 30.6 Å². The van der Waals surface area contributed by atoms with Crippen molar-refractivity contribution in [3.63, 3.8) is 0 Å². The number of aromatic amines is 1. The van der Waals surface area contributed by atoms with Crippen molar-refractivity contribution in [3.8, 4) is 0 Å². The first kappa shape index (κ1) is 12.6. The molecule has 0 amide bonds. The van der Waals surface area contributed by atoms with E-state index < -0.39 is 11.6 Å². The fourth-order valence-electron chi connectivity index (χ4n) is 1.45. The molecule has 0 aliphatic rings. The predicted octanol–water partition coefficient (Wildman–Crippen LogP) is 0.966. The first-order valence-corrected chi connectivity index (χ1v) is 5.79. The Morgan fingerprint density at radius 2 is 2.11 bits per heavy atom. The first-order chi connectivity index (χ1) is 8.44. The molecule has 0 aromatic carbocycles. The van der Waals surface area contributed by atoms with Gasteiger partial charge >= 0.3 is 0 Å². The van der Waals surface area contributed by atoms with Crippen LogP contribution in [0.1, 0.15) is 20.8 Å². The van der Waals surface area contributed by atoms with Crippen LogP contribution >= 0.6 is 0 Å². The minimum atomic E-state index is -0.525. The molecule has 0 fully saturated rings. The molecule has 0 bridgehead atoms. The van der Waals surface area contributed by atoms with Gasteiger partial charge in [0, 0.05) is 7.05 Å². The Morgan fingerprint density at radius 3 is 2.72 bits per heavy atom. The van der Waals surface area contributed by atoms with E-state index in [0.717, 1.165) is 5.52 Å². The Labute approximate surface area is 105 Å². The minimum Gasteiger partial charge on any atom is -0.391 e. The number of aromatic nitrogens is 4. The van der Waals surface area contributed by atoms with Crippen molar-refractivity contribution in [2.75, 3.05) is 17.7 Å². The van der Waals surface area contributed by atoms with Crippen LogP contribution in [0, 0.1) is 0 Å². The van der Waals surface area contributed by atoms with Gasteiger partial charge in [0.15, 0.2) is 11.5 Å². The molecule has 7 nitrogen and oxygen atoms in total. The van der Waals surface area contributed by atoms with Gasteiger partial charge < -0.3 is 20.7 Å². The normalized spacial score (nSPS) is 13.6. The van der Waals surface area contributed by atoms with Gasteiger partial charge in [-0.1, -0.05) is 0 Å². The monoisotopic (exact) mass is 250 g/mol. The molecule has 0 aliphatic heterocycles. The molecule has 2 aromatic heterocycles. The lowest BCUT2D eigenvalue weighted by Gasteiger charge is -2.30. The van der Waals surface area contributed by atoms with Crippen molar-refractivity contribution in [3.05, 3.63) is 6.33 Å². The summed E-state index contributed by atoms with van der Waals surface area (Å²) in [7, 11) is 1.75. The molecule has 98 valence electrons. The van der Waals surface area contributed by atoms with Crippen LogP contribution < -0.4 is 10.6 Å². The number of aliphatic hydroxyl groups excluding tert-OH is 1. The average molecular weight is 250 g/mol. The quantitative estimate of drug-likeness (QED) is 0.645. The maximum absolute atomic E-state index is 9.74. The highest BCUT2D eigenvalue weighted by Crippen LogP contribution is 2.23. The number of hydrogen-bond donors (Lipinski definition) is 4. The number of nitrogens with one attached hydrogen (secondary N) is 3. The molecule has 1 unspecified atom stereocenters. The van der Waals surface area contributed by atoms with E-state index in [-0.39, 0.29) is 0 Å². The molecule has 2 heterocycles. The summed E-state index contributed by atoms with van der Waals surface area (Å²) in [5, 5.41) is 15.8. The molecule has 4 N–H and O–H groups in total. The summed E-state index contributed by atoms with van der Waals surface area (Å²) < 4.78 is 0. The minimum absolute atomic E-state index is 0.485. The third kappa shape index (κ3) is 2.21. The summed E-state index contributed by atoms with van der Waals surface area (Å²) in [4.78, 5) is 15.7. The molecule has 0 radical (unpaired) electrons. The number of aliphatic hydroxyl groups is 1. The van der Waals surface area contributed by atoms with E-state index in [9.17, 15) is 5.11 Å². The van der Waals surface area contributed by atoms with Crippen molar-refractivity contribution >= 4 is 22.9 Å². The van der Waals surface area contributed by atoms with Crippen LogP contribution in [-0.4, -0.2) is 43.7 Å². The fourth-order valence-corrected chi connectivity index (χ4v) is 1.45. The molecular formula is C11H18N6O. The van der Waals surface area contributed by atoms with E-state index >= 15 is 0 Å². The van der Waals surface area contributed by atoms with Gasteiger partial charge in [-0.15, -0.1) is 0 Å². The zero-order valence-corrected chi connectivity index (χ0v) is 10.9. The van der Waals surface area contributed by atoms with E-state index in [1.54, 1.807) is 20.3 Å². The van der Waals surface area contributed by atoms with E-state index in [1.807, 2.05) is 13.8 Å². The number of hydrogen-bond acceptors (Lipinski definition) is 6. The van der Waals surface area contributed by atoms with E-state index in [1.165, 1.54) is 0 Å². The van der Waals surface area contributed by atoms with Gasteiger partial charge in [-0.3, -0.25) is 0 Å². The summed E-state index contributed by atoms with van der Waals surface area (Å²) in [6.45, 7) is 5.54. The molecule has 0 saturated carbocycles. The second-order valence-electron chi connectivity index (χ2n) is 4.77. The maximum Gasteiger partial charge on any atom is 0.226 e. The van der Waals surface area contributed by atoms with Gasteiger partial charge in [0.25, 0.3) is 0 Å². The molecule has 7 heteroatoms. The number of anilines is 2. The van der Waals surface area contributed by atoms with Crippen molar-refractivity contribution in [2.24, 2.45) is 0 Å². The lowest BCUT2D eigenvalue weighted by atomic mass is 9.99. The lowest BCUT2D eigenvalue weighted by Crippen LogP contribution is -2.42. The second kappa shape index (κ2) is 4.41. The van der Waals surface area contributed by atoms with Crippen molar-refractivity contribution in [1.82, 2.24) is 19.9 Å². The number of nitrogens with zero attached hydrogens (tertiary/aromatic N) is 3. The third-order valence-electron chi connectivity index (χ3n) is 2.99. The Bertz CT molecular complexity index is 547. The topological polar surface area (TPSA) is 98.8 Å². The Balaban J connectivity index is 2.46. The molecule has 18 heavy (non-hydrogen) atoms. The average Bonchev–Trinajstić information content (AvgIpc) is 2.76. The molecular weight excluding hydrogens is 232 g/mol. The van der Waals surface area contributed by atoms with Crippen molar-refractivity contribution < 1.29 is 5.11 Å². The van der Waals surface area contributed by atoms with Crippen LogP contribution in [0.15, 0.2) is 6.33 Å². The van der Waals surface area contributed by atoms with Gasteiger partial charge in [0.05, 0.1) is 18.0 Å². The highest BCUT2D eigenvalue weighted by molar-refractivity contribution is 5.84. The standard InChI is InChI=1S/C11H18N6O/c1-6(18)11(2,3)17-9-7-8(14-5-13-7)15-10(12-4)16-9/h5-6,18H,1-4H3,(H3,12,13,14,15,16,17). The first-order valence-electron chi connectivity index (χ1n) is 5.79. The summed E-state index contributed by atoms with van der Waals surface area (Å²) in [5.41, 5.74) is 0.804. The highest BCUT2D eigenvalue weighted by atomic mass is 16.3. The third-order valence-corrected chi connectivity index (χ3v) is 2.99. The fraction of sp³-hybridized carbons (Fsp3) is 0.545. The largest absolute Gasteiger partial charge is 0.391 e. The molecule has 0 aliphatic carbocycles. The van der Waals surface area contributed by atoms with Crippen LogP contribution in [0.25, 0.3) is 11.2 Å². The Morgan fingerprint density at radius 1 is 1.39 bits per heavy atom. The van der Waals surface area contributed by atoms with Crippen molar-refractivity contribution in [2.45, 2.75) is 32.4 Å². The smallest absolute Gasteiger partial charge is 0.226 e. The Kier molecular flexibility index (Phi) is 3.08. The van der Waals surface area contributed by atoms with E-state index in [4.69, 9.17) is 0 Å². The van der Waals surface area contributed by atoms with E-state index in [0.29, 0.717) is 17.4 Å². The zero-order valence-electron chi connectivity index (χ0n) is 10.9. The number of fused-ring (bicyclic) bond motifs is 1. The van der Waals surface area contributed by atoms with Crippen molar-refractivity contribution in [1.29, 1.82) is 0 Å². The molecule has 2 aromatic rings.